The molecule has 1 atom stereocenters. The number of hydrogen-bond donors (Lipinski definition) is 1. The molecule has 1 N–H and O–H groups in total. The van der Waals surface area contributed by atoms with Crippen molar-refractivity contribution in [1.29, 1.82) is 0 Å². The Morgan fingerprint density at radius 1 is 1.31 bits per heavy atom. The van der Waals surface area contributed by atoms with Crippen molar-refractivity contribution in [3.63, 3.8) is 0 Å². The van der Waals surface area contributed by atoms with E-state index in [2.05, 4.69) is 0 Å². The molecule has 1 aromatic carbocycles. The van der Waals surface area contributed by atoms with Crippen LogP contribution in [0.3, 0.4) is 0 Å². The highest BCUT2D eigenvalue weighted by atomic mass is 16.5. The summed E-state index contributed by atoms with van der Waals surface area (Å²) in [5, 5.41) is 10.4. The smallest absolute Gasteiger partial charge is 0.202 e. The fourth-order valence-corrected chi connectivity index (χ4v) is 2.19. The Morgan fingerprint density at radius 3 is 2.56 bits per heavy atom. The number of para-hydroxylation sites is 1. The fraction of sp³-hybridized carbons (Fsp3) is 0.462. The third kappa shape index (κ3) is 1.28. The molecular weight excluding hydrogens is 204 g/mol. The second-order valence-corrected chi connectivity index (χ2v) is 4.65. The molecule has 0 spiro atoms. The van der Waals surface area contributed by atoms with Gasteiger partial charge in [-0.15, -0.1) is 0 Å². The molecule has 3 heteroatoms. The van der Waals surface area contributed by atoms with Gasteiger partial charge < -0.3 is 9.84 Å². The van der Waals surface area contributed by atoms with Gasteiger partial charge >= 0.3 is 0 Å². The van der Waals surface area contributed by atoms with Crippen LogP contribution in [0.1, 0.15) is 37.6 Å². The van der Waals surface area contributed by atoms with Gasteiger partial charge in [0, 0.05) is 0 Å². The number of aliphatic hydroxyl groups is 1. The minimum atomic E-state index is -1.44. The minimum absolute atomic E-state index is 0.248. The number of fused-ring (bicyclic) bond motifs is 1. The summed E-state index contributed by atoms with van der Waals surface area (Å²) in [6, 6.07) is 7.03. The van der Waals surface area contributed by atoms with Crippen LogP contribution in [0, 0.1) is 0 Å². The van der Waals surface area contributed by atoms with Crippen LogP contribution in [0.25, 0.3) is 0 Å². The summed E-state index contributed by atoms with van der Waals surface area (Å²) in [6.07, 6.45) is 0.340. The van der Waals surface area contributed by atoms with Crippen molar-refractivity contribution in [1.82, 2.24) is 0 Å². The van der Waals surface area contributed by atoms with Gasteiger partial charge in [-0.2, -0.15) is 0 Å². The summed E-state index contributed by atoms with van der Waals surface area (Å²) in [4.78, 5) is 12.3. The highest BCUT2D eigenvalue weighted by molar-refractivity contribution is 6.06. The van der Waals surface area contributed by atoms with Gasteiger partial charge in [0.1, 0.15) is 11.4 Å². The molecule has 1 aliphatic heterocycles. The molecule has 0 saturated carbocycles. The molecule has 1 aliphatic rings. The molecule has 16 heavy (non-hydrogen) atoms. The number of Topliss-reactive ketones (excluding diaryl/α,β-unsaturated/α-hetero) is 1. The molecule has 0 saturated heterocycles. The van der Waals surface area contributed by atoms with Crippen molar-refractivity contribution in [2.24, 2.45) is 0 Å². The van der Waals surface area contributed by atoms with Gasteiger partial charge in [0.05, 0.1) is 5.56 Å². The summed E-state index contributed by atoms with van der Waals surface area (Å²) < 4.78 is 5.73. The third-order valence-corrected chi connectivity index (χ3v) is 3.38. The Hall–Kier alpha value is -1.35. The quantitative estimate of drug-likeness (QED) is 0.789. The molecule has 0 bridgehead atoms. The van der Waals surface area contributed by atoms with Crippen LogP contribution in [0.4, 0.5) is 0 Å². The highest BCUT2D eigenvalue weighted by Crippen LogP contribution is 2.40. The number of hydrogen-bond acceptors (Lipinski definition) is 3. The first-order chi connectivity index (χ1) is 7.42. The molecule has 2 rings (SSSR count). The van der Waals surface area contributed by atoms with Gasteiger partial charge in [-0.05, 0) is 32.4 Å². The van der Waals surface area contributed by atoms with E-state index >= 15 is 0 Å². The average molecular weight is 220 g/mol. The van der Waals surface area contributed by atoms with Crippen molar-refractivity contribution in [3.05, 3.63) is 29.8 Å². The summed E-state index contributed by atoms with van der Waals surface area (Å²) in [5.74, 6) is 0.303. The Labute approximate surface area is 95.0 Å². The standard InChI is InChI=1S/C13H16O3/c1-4-13(15)11(14)9-7-5-6-8-10(9)16-12(13,2)3/h5-8,15H,4H2,1-3H3. The maximum atomic E-state index is 12.3. The Morgan fingerprint density at radius 2 is 1.94 bits per heavy atom. The van der Waals surface area contributed by atoms with E-state index in [-0.39, 0.29) is 5.78 Å². The van der Waals surface area contributed by atoms with Gasteiger partial charge in [0.25, 0.3) is 0 Å². The van der Waals surface area contributed by atoms with E-state index in [9.17, 15) is 9.90 Å². The lowest BCUT2D eigenvalue weighted by atomic mass is 9.75. The van der Waals surface area contributed by atoms with Crippen LogP contribution in [0.5, 0.6) is 5.75 Å². The number of ketones is 1. The first-order valence-electron chi connectivity index (χ1n) is 5.47. The Bertz CT molecular complexity index is 437. The number of benzene rings is 1. The van der Waals surface area contributed by atoms with Crippen molar-refractivity contribution >= 4 is 5.78 Å². The first-order valence-corrected chi connectivity index (χ1v) is 5.47. The lowest BCUT2D eigenvalue weighted by Gasteiger charge is -2.44. The normalized spacial score (nSPS) is 27.1. The molecule has 0 aromatic heterocycles. The highest BCUT2D eigenvalue weighted by Gasteiger charge is 2.54. The lowest BCUT2D eigenvalue weighted by molar-refractivity contribution is -0.0976. The van der Waals surface area contributed by atoms with E-state index in [0.717, 1.165) is 0 Å². The van der Waals surface area contributed by atoms with E-state index in [1.54, 1.807) is 39.0 Å². The number of rotatable bonds is 1. The average Bonchev–Trinajstić information content (AvgIpc) is 2.25. The molecule has 1 aromatic rings. The Kier molecular flexibility index (Phi) is 2.31. The molecule has 0 fully saturated rings. The molecule has 1 heterocycles. The molecule has 3 nitrogen and oxygen atoms in total. The zero-order chi connectivity index (χ0) is 12.0. The van der Waals surface area contributed by atoms with E-state index < -0.39 is 11.2 Å². The van der Waals surface area contributed by atoms with Gasteiger partial charge in [0.15, 0.2) is 5.60 Å². The monoisotopic (exact) mass is 220 g/mol. The van der Waals surface area contributed by atoms with Crippen LogP contribution in [0.15, 0.2) is 24.3 Å². The largest absolute Gasteiger partial charge is 0.484 e. The van der Waals surface area contributed by atoms with Crippen molar-refractivity contribution in [2.45, 2.75) is 38.4 Å². The second-order valence-electron chi connectivity index (χ2n) is 4.65. The van der Waals surface area contributed by atoms with Crippen LogP contribution < -0.4 is 4.74 Å². The van der Waals surface area contributed by atoms with E-state index in [0.29, 0.717) is 17.7 Å². The summed E-state index contributed by atoms with van der Waals surface area (Å²) >= 11 is 0. The molecular formula is C13H16O3. The molecule has 0 radical (unpaired) electrons. The van der Waals surface area contributed by atoms with Crippen LogP contribution in [-0.4, -0.2) is 22.1 Å². The maximum Gasteiger partial charge on any atom is 0.202 e. The minimum Gasteiger partial charge on any atom is -0.484 e. The summed E-state index contributed by atoms with van der Waals surface area (Å²) in [5.41, 5.74) is -1.87. The van der Waals surface area contributed by atoms with E-state index in [1.807, 2.05) is 6.07 Å². The van der Waals surface area contributed by atoms with Gasteiger partial charge in [0.2, 0.25) is 5.78 Å². The fourth-order valence-electron chi connectivity index (χ4n) is 2.19. The van der Waals surface area contributed by atoms with Crippen LogP contribution >= 0.6 is 0 Å². The van der Waals surface area contributed by atoms with Gasteiger partial charge in [-0.3, -0.25) is 4.79 Å². The molecule has 1 unspecified atom stereocenters. The number of carbonyl (C=O) groups excluding carboxylic acids is 1. The lowest BCUT2D eigenvalue weighted by Crippen LogP contribution is -2.61. The van der Waals surface area contributed by atoms with Gasteiger partial charge in [-0.25, -0.2) is 0 Å². The van der Waals surface area contributed by atoms with Crippen LogP contribution in [0.2, 0.25) is 0 Å². The second kappa shape index (κ2) is 3.32. The predicted molar refractivity (Wildman–Crippen MR) is 60.7 cm³/mol. The SMILES string of the molecule is CCC1(O)C(=O)c2ccccc2OC1(C)C. The van der Waals surface area contributed by atoms with Crippen molar-refractivity contribution < 1.29 is 14.6 Å². The zero-order valence-corrected chi connectivity index (χ0v) is 9.78. The number of ether oxygens (including phenoxy) is 1. The summed E-state index contributed by atoms with van der Waals surface area (Å²) in [7, 11) is 0. The maximum absolute atomic E-state index is 12.3. The zero-order valence-electron chi connectivity index (χ0n) is 9.78. The topological polar surface area (TPSA) is 46.5 Å². The third-order valence-electron chi connectivity index (χ3n) is 3.38. The van der Waals surface area contributed by atoms with Crippen LogP contribution in [-0.2, 0) is 0 Å². The summed E-state index contributed by atoms with van der Waals surface area (Å²) in [6.45, 7) is 5.27. The van der Waals surface area contributed by atoms with E-state index in [4.69, 9.17) is 4.74 Å². The van der Waals surface area contributed by atoms with Crippen molar-refractivity contribution in [2.75, 3.05) is 0 Å². The molecule has 0 amide bonds. The predicted octanol–water partition coefficient (Wildman–Crippen LogP) is 2.18. The molecule has 0 aliphatic carbocycles. The first kappa shape index (κ1) is 11.1. The van der Waals surface area contributed by atoms with E-state index in [1.165, 1.54) is 0 Å². The number of carbonyl (C=O) groups is 1. The van der Waals surface area contributed by atoms with Crippen molar-refractivity contribution in [3.8, 4) is 5.75 Å². The Balaban J connectivity index is 2.61. The molecule has 86 valence electrons. The van der Waals surface area contributed by atoms with Gasteiger partial charge in [-0.1, -0.05) is 19.1 Å².